The predicted molar refractivity (Wildman–Crippen MR) is 423 cm³/mol. The zero-order valence-electron chi connectivity index (χ0n) is 66.9. The lowest BCUT2D eigenvalue weighted by atomic mass is 9.99. The standard InChI is InChI=1S/C84H160O17P2/c1-6-10-13-16-19-22-25-28-31-33-34-35-36-39-42-45-48-55-60-65-70-83(88)100-79(73-94-81(86)67-62-57-52-46-43-40-38-32-29-26-23-20-17-14-11-7-2)75-98-102(90,91)96-71-78(85)72-97-103(92,93)99-76-80(74-95-82(87)68-63-58-53-50-49-51-56-61-66-77(5)9-4)101-84(89)69-64-59-54-47-44-41-37-30-27-24-21-18-15-12-8-3/h24,27,30,37,77-80,85H,6-23,25-26,28-29,31-36,38-76H2,1-5H3,(H,90,91)(H,92,93)/b27-24-,37-30-/t77?,78-,79-,80-/m1/s1. The highest BCUT2D eigenvalue weighted by atomic mass is 31.2. The summed E-state index contributed by atoms with van der Waals surface area (Å²) in [6.45, 7) is 7.28. The summed E-state index contributed by atoms with van der Waals surface area (Å²) in [6, 6.07) is 0. The Kier molecular flexibility index (Phi) is 74.5. The Balaban J connectivity index is 5.28. The van der Waals surface area contributed by atoms with Crippen LogP contribution in [-0.2, 0) is 65.4 Å². The molecule has 0 spiro atoms. The Labute approximate surface area is 631 Å². The van der Waals surface area contributed by atoms with Gasteiger partial charge in [-0.3, -0.25) is 37.3 Å². The van der Waals surface area contributed by atoms with Crippen molar-refractivity contribution in [1.29, 1.82) is 0 Å². The van der Waals surface area contributed by atoms with Crippen LogP contribution in [0.2, 0.25) is 0 Å². The number of unbranched alkanes of at least 4 members (excludes halogenated alkanes) is 50. The largest absolute Gasteiger partial charge is 0.472 e. The fraction of sp³-hybridized carbons (Fsp3) is 0.905. The maximum atomic E-state index is 13.1. The second-order valence-corrected chi connectivity index (χ2v) is 32.7. The van der Waals surface area contributed by atoms with Crippen LogP contribution in [0, 0.1) is 5.92 Å². The number of hydrogen-bond donors (Lipinski definition) is 3. The molecule has 0 aromatic carbocycles. The zero-order chi connectivity index (χ0) is 75.5. The molecule has 17 nitrogen and oxygen atoms in total. The number of allylic oxidation sites excluding steroid dienone is 4. The third-order valence-electron chi connectivity index (χ3n) is 19.5. The minimum atomic E-state index is -4.97. The van der Waals surface area contributed by atoms with Crippen molar-refractivity contribution in [2.45, 2.75) is 445 Å². The molecule has 19 heteroatoms. The second kappa shape index (κ2) is 76.3. The fourth-order valence-corrected chi connectivity index (χ4v) is 14.1. The van der Waals surface area contributed by atoms with Crippen LogP contribution in [0.5, 0.6) is 0 Å². The van der Waals surface area contributed by atoms with Gasteiger partial charge in [0.25, 0.3) is 0 Å². The molecule has 0 rings (SSSR count). The van der Waals surface area contributed by atoms with E-state index in [0.717, 1.165) is 109 Å². The van der Waals surface area contributed by atoms with Crippen LogP contribution in [0.25, 0.3) is 0 Å². The first-order chi connectivity index (χ1) is 50.1. The topological polar surface area (TPSA) is 237 Å². The Hall–Kier alpha value is -2.46. The van der Waals surface area contributed by atoms with E-state index in [2.05, 4.69) is 58.9 Å². The van der Waals surface area contributed by atoms with Crippen molar-refractivity contribution in [2.75, 3.05) is 39.6 Å². The van der Waals surface area contributed by atoms with Crippen LogP contribution < -0.4 is 0 Å². The molecule has 0 aliphatic heterocycles. The minimum absolute atomic E-state index is 0.0851. The molecular formula is C84H160O17P2. The van der Waals surface area contributed by atoms with Crippen LogP contribution in [0.1, 0.15) is 426 Å². The van der Waals surface area contributed by atoms with Crippen LogP contribution >= 0.6 is 15.6 Å². The number of aliphatic hydroxyl groups excluding tert-OH is 1. The summed E-state index contributed by atoms with van der Waals surface area (Å²) >= 11 is 0. The lowest BCUT2D eigenvalue weighted by molar-refractivity contribution is -0.161. The Bertz CT molecular complexity index is 2060. The average molecular weight is 1500 g/mol. The zero-order valence-corrected chi connectivity index (χ0v) is 68.7. The maximum Gasteiger partial charge on any atom is 0.472 e. The van der Waals surface area contributed by atoms with Gasteiger partial charge < -0.3 is 33.8 Å². The summed E-state index contributed by atoms with van der Waals surface area (Å²) < 4.78 is 68.8. The summed E-state index contributed by atoms with van der Waals surface area (Å²) in [7, 11) is -9.94. The van der Waals surface area contributed by atoms with Gasteiger partial charge in [0.1, 0.15) is 19.3 Å². The normalized spacial score (nSPS) is 14.2. The molecule has 0 saturated heterocycles. The molecule has 3 N–H and O–H groups in total. The van der Waals surface area contributed by atoms with Gasteiger partial charge in [0, 0.05) is 25.7 Å². The van der Waals surface area contributed by atoms with E-state index in [-0.39, 0.29) is 25.7 Å². The summed E-state index contributed by atoms with van der Waals surface area (Å²) in [4.78, 5) is 73.1. The van der Waals surface area contributed by atoms with Gasteiger partial charge in [-0.15, -0.1) is 0 Å². The summed E-state index contributed by atoms with van der Waals surface area (Å²) in [6.07, 6.45) is 71.5. The molecular weight excluding hydrogens is 1340 g/mol. The first-order valence-electron chi connectivity index (χ1n) is 43.0. The molecule has 0 aliphatic rings. The summed E-state index contributed by atoms with van der Waals surface area (Å²) in [5.74, 6) is -1.36. The highest BCUT2D eigenvalue weighted by Crippen LogP contribution is 2.45. The van der Waals surface area contributed by atoms with Crippen molar-refractivity contribution in [1.82, 2.24) is 0 Å². The lowest BCUT2D eigenvalue weighted by Crippen LogP contribution is -2.30. The lowest BCUT2D eigenvalue weighted by Gasteiger charge is -2.21. The maximum absolute atomic E-state index is 13.1. The number of rotatable bonds is 82. The highest BCUT2D eigenvalue weighted by Gasteiger charge is 2.30. The molecule has 608 valence electrons. The van der Waals surface area contributed by atoms with Gasteiger partial charge in [-0.05, 0) is 57.3 Å². The average Bonchev–Trinajstić information content (AvgIpc) is 0.943. The summed E-state index contributed by atoms with van der Waals surface area (Å²) in [5, 5.41) is 10.7. The molecule has 6 atom stereocenters. The second-order valence-electron chi connectivity index (χ2n) is 29.8. The van der Waals surface area contributed by atoms with E-state index in [4.69, 9.17) is 37.0 Å². The molecule has 0 radical (unpaired) electrons. The van der Waals surface area contributed by atoms with E-state index >= 15 is 0 Å². The number of carbonyl (C=O) groups is 4. The first kappa shape index (κ1) is 101. The first-order valence-corrected chi connectivity index (χ1v) is 46.0. The quantitative estimate of drug-likeness (QED) is 0.0169. The van der Waals surface area contributed by atoms with Crippen LogP contribution in [0.4, 0.5) is 0 Å². The van der Waals surface area contributed by atoms with E-state index in [1.165, 1.54) is 238 Å². The van der Waals surface area contributed by atoms with E-state index < -0.39 is 97.5 Å². The third-order valence-corrected chi connectivity index (χ3v) is 21.4. The van der Waals surface area contributed by atoms with E-state index in [9.17, 15) is 43.2 Å². The van der Waals surface area contributed by atoms with Crippen LogP contribution in [-0.4, -0.2) is 96.7 Å². The van der Waals surface area contributed by atoms with Crippen molar-refractivity contribution < 1.29 is 80.2 Å². The van der Waals surface area contributed by atoms with E-state index in [1.807, 2.05) is 0 Å². The predicted octanol–water partition coefficient (Wildman–Crippen LogP) is 25.1. The van der Waals surface area contributed by atoms with Gasteiger partial charge >= 0.3 is 39.5 Å². The molecule has 0 heterocycles. The molecule has 3 unspecified atom stereocenters. The molecule has 0 amide bonds. The number of carbonyl (C=O) groups excluding carboxylic acids is 4. The number of aliphatic hydroxyl groups is 1. The van der Waals surface area contributed by atoms with Gasteiger partial charge in [0.05, 0.1) is 26.4 Å². The summed E-state index contributed by atoms with van der Waals surface area (Å²) in [5.41, 5.74) is 0. The Morgan fingerprint density at radius 3 is 0.825 bits per heavy atom. The molecule has 0 bridgehead atoms. The smallest absolute Gasteiger partial charge is 0.462 e. The highest BCUT2D eigenvalue weighted by molar-refractivity contribution is 7.47. The van der Waals surface area contributed by atoms with Crippen molar-refractivity contribution >= 4 is 39.5 Å². The SMILES string of the molecule is CCCCCC/C=C\C=C/CCCCCCCC(=O)O[C@H](COC(=O)CCCCCCCCCCC(C)CC)COP(=O)(O)OC[C@H](O)COP(=O)(O)OC[C@@H](COC(=O)CCCCCCCCCCCCCCCCCC)OC(=O)CCCCCCCCCCCCCCCCCCCCCC. The van der Waals surface area contributed by atoms with Crippen LogP contribution in [0.15, 0.2) is 24.3 Å². The number of phosphoric ester groups is 2. The van der Waals surface area contributed by atoms with Crippen molar-refractivity contribution in [3.05, 3.63) is 24.3 Å². The van der Waals surface area contributed by atoms with Gasteiger partial charge in [-0.1, -0.05) is 374 Å². The molecule has 0 aliphatic carbocycles. The molecule has 0 saturated carbocycles. The van der Waals surface area contributed by atoms with E-state index in [1.54, 1.807) is 0 Å². The minimum Gasteiger partial charge on any atom is -0.462 e. The molecule has 0 fully saturated rings. The fourth-order valence-electron chi connectivity index (χ4n) is 12.5. The van der Waals surface area contributed by atoms with Crippen molar-refractivity contribution in [3.63, 3.8) is 0 Å². The van der Waals surface area contributed by atoms with Gasteiger partial charge in [0.2, 0.25) is 0 Å². The Morgan fingerprint density at radius 1 is 0.311 bits per heavy atom. The molecule has 0 aromatic rings. The van der Waals surface area contributed by atoms with Crippen molar-refractivity contribution in [2.24, 2.45) is 5.92 Å². The molecule has 103 heavy (non-hydrogen) atoms. The Morgan fingerprint density at radius 2 is 0.544 bits per heavy atom. The van der Waals surface area contributed by atoms with Gasteiger partial charge in [-0.2, -0.15) is 0 Å². The van der Waals surface area contributed by atoms with Gasteiger partial charge in [0.15, 0.2) is 12.2 Å². The number of hydrogen-bond acceptors (Lipinski definition) is 15. The van der Waals surface area contributed by atoms with Crippen LogP contribution in [0.3, 0.4) is 0 Å². The van der Waals surface area contributed by atoms with Gasteiger partial charge in [-0.25, -0.2) is 9.13 Å². The number of esters is 4. The number of phosphoric acid groups is 2. The van der Waals surface area contributed by atoms with E-state index in [0.29, 0.717) is 25.7 Å². The monoisotopic (exact) mass is 1500 g/mol. The molecule has 0 aromatic heterocycles. The van der Waals surface area contributed by atoms with Crippen molar-refractivity contribution in [3.8, 4) is 0 Å². The number of ether oxygens (including phenoxy) is 4. The third kappa shape index (κ3) is 76.1.